The number of alkyl carbamates (subject to hydrolysis) is 1. The molecule has 5 rings (SSSR count). The van der Waals surface area contributed by atoms with Gasteiger partial charge in [0.1, 0.15) is 12.4 Å². The Morgan fingerprint density at radius 3 is 2.51 bits per heavy atom. The van der Waals surface area contributed by atoms with Crippen molar-refractivity contribution in [3.05, 3.63) is 100 Å². The third-order valence-corrected chi connectivity index (χ3v) is 5.87. The SMILES string of the molecule is O=C1NC(=O)C(Cc2ccc(OCCn3ncc4cc([N+](=O)[O-])ccc43)cc2)(c2ccccc2)O1. The molecule has 1 aromatic heterocycles. The first-order valence-electron chi connectivity index (χ1n) is 10.9. The van der Waals surface area contributed by atoms with E-state index in [0.717, 1.165) is 11.1 Å². The van der Waals surface area contributed by atoms with Crippen LogP contribution in [0.1, 0.15) is 11.1 Å². The number of aromatic nitrogens is 2. The molecular formula is C25H20N4O6. The van der Waals surface area contributed by atoms with E-state index < -0.39 is 22.5 Å². The van der Waals surface area contributed by atoms with E-state index >= 15 is 0 Å². The molecule has 176 valence electrons. The van der Waals surface area contributed by atoms with Gasteiger partial charge in [0.05, 0.1) is 23.2 Å². The molecule has 0 bridgehead atoms. The zero-order valence-electron chi connectivity index (χ0n) is 18.4. The van der Waals surface area contributed by atoms with E-state index in [2.05, 4.69) is 10.4 Å². The van der Waals surface area contributed by atoms with Crippen molar-refractivity contribution in [2.75, 3.05) is 6.61 Å². The molecule has 10 nitrogen and oxygen atoms in total. The highest BCUT2D eigenvalue weighted by atomic mass is 16.6. The summed E-state index contributed by atoms with van der Waals surface area (Å²) in [6, 6.07) is 20.7. The minimum atomic E-state index is -1.42. The van der Waals surface area contributed by atoms with Gasteiger partial charge in [-0.15, -0.1) is 0 Å². The molecule has 1 aliphatic rings. The molecule has 0 saturated carbocycles. The highest BCUT2D eigenvalue weighted by molar-refractivity contribution is 6.03. The Hall–Kier alpha value is -4.73. The number of nitro benzene ring substituents is 1. The number of rotatable bonds is 8. The Bertz CT molecular complexity index is 1420. The third-order valence-electron chi connectivity index (χ3n) is 5.87. The summed E-state index contributed by atoms with van der Waals surface area (Å²) < 4.78 is 13.0. The summed E-state index contributed by atoms with van der Waals surface area (Å²) in [4.78, 5) is 35.0. The molecule has 1 N–H and O–H groups in total. The third kappa shape index (κ3) is 4.29. The largest absolute Gasteiger partial charge is 0.492 e. The van der Waals surface area contributed by atoms with Crippen LogP contribution in [-0.2, 0) is 28.1 Å². The number of hydrogen-bond acceptors (Lipinski definition) is 7. The molecular weight excluding hydrogens is 452 g/mol. The van der Waals surface area contributed by atoms with Crippen molar-refractivity contribution in [1.82, 2.24) is 15.1 Å². The molecule has 2 heterocycles. The van der Waals surface area contributed by atoms with E-state index in [1.54, 1.807) is 53.3 Å². The lowest BCUT2D eigenvalue weighted by Crippen LogP contribution is -2.38. The van der Waals surface area contributed by atoms with Gasteiger partial charge < -0.3 is 9.47 Å². The zero-order valence-corrected chi connectivity index (χ0v) is 18.4. The van der Waals surface area contributed by atoms with Gasteiger partial charge in [-0.25, -0.2) is 4.79 Å². The standard InChI is InChI=1S/C25H20N4O6/c30-23-25(35-24(31)27-23,19-4-2-1-3-5-19)15-17-6-9-21(10-7-17)34-13-12-28-22-11-8-20(29(32)33)14-18(22)16-26-28/h1-11,14,16H,12-13,15H2,(H,27,30,31). The van der Waals surface area contributed by atoms with Crippen LogP contribution in [0.4, 0.5) is 10.5 Å². The normalized spacial score (nSPS) is 17.3. The van der Waals surface area contributed by atoms with Crippen LogP contribution in [0, 0.1) is 10.1 Å². The molecule has 0 radical (unpaired) electrons. The second-order valence-corrected chi connectivity index (χ2v) is 8.07. The first kappa shape index (κ1) is 22.1. The maximum atomic E-state index is 12.7. The lowest BCUT2D eigenvalue weighted by Gasteiger charge is -2.25. The summed E-state index contributed by atoms with van der Waals surface area (Å²) in [6.45, 7) is 0.789. The van der Waals surface area contributed by atoms with E-state index in [-0.39, 0.29) is 12.1 Å². The predicted octanol–water partition coefficient (Wildman–Crippen LogP) is 3.73. The van der Waals surface area contributed by atoms with Gasteiger partial charge in [-0.3, -0.25) is 24.9 Å². The van der Waals surface area contributed by atoms with Crippen LogP contribution in [0.2, 0.25) is 0 Å². The lowest BCUT2D eigenvalue weighted by atomic mass is 9.86. The monoisotopic (exact) mass is 472 g/mol. The number of nitrogens with zero attached hydrogens (tertiary/aromatic N) is 3. The number of imide groups is 1. The van der Waals surface area contributed by atoms with Gasteiger partial charge in [0.2, 0.25) is 5.60 Å². The molecule has 10 heteroatoms. The van der Waals surface area contributed by atoms with Gasteiger partial charge in [-0.1, -0.05) is 42.5 Å². The van der Waals surface area contributed by atoms with E-state index in [1.807, 2.05) is 18.2 Å². The fourth-order valence-electron chi connectivity index (χ4n) is 4.15. The summed E-state index contributed by atoms with van der Waals surface area (Å²) in [7, 11) is 0. The van der Waals surface area contributed by atoms with Crippen molar-refractivity contribution in [2.24, 2.45) is 0 Å². The minimum Gasteiger partial charge on any atom is -0.492 e. The lowest BCUT2D eigenvalue weighted by molar-refractivity contribution is -0.384. The summed E-state index contributed by atoms with van der Waals surface area (Å²) in [6.07, 6.45) is 1.01. The van der Waals surface area contributed by atoms with Crippen LogP contribution in [-0.4, -0.2) is 33.3 Å². The van der Waals surface area contributed by atoms with Crippen molar-refractivity contribution in [1.29, 1.82) is 0 Å². The summed E-state index contributed by atoms with van der Waals surface area (Å²) in [5.74, 6) is 0.133. The quantitative estimate of drug-likeness (QED) is 0.306. The number of ether oxygens (including phenoxy) is 2. The average molecular weight is 472 g/mol. The molecule has 4 aromatic rings. The molecule has 35 heavy (non-hydrogen) atoms. The number of carbonyl (C=O) groups is 2. The van der Waals surface area contributed by atoms with Crippen LogP contribution in [0.15, 0.2) is 79.0 Å². The van der Waals surface area contributed by atoms with Crippen molar-refractivity contribution in [3.63, 3.8) is 0 Å². The Kier molecular flexibility index (Phi) is 5.61. The fraction of sp³-hybridized carbons (Fsp3) is 0.160. The van der Waals surface area contributed by atoms with E-state index in [9.17, 15) is 19.7 Å². The van der Waals surface area contributed by atoms with Crippen LogP contribution < -0.4 is 10.1 Å². The number of benzene rings is 3. The number of hydrogen-bond donors (Lipinski definition) is 1. The molecule has 1 saturated heterocycles. The second kappa shape index (κ2) is 8.90. The first-order chi connectivity index (χ1) is 16.9. The second-order valence-electron chi connectivity index (χ2n) is 8.07. The topological polar surface area (TPSA) is 126 Å². The number of amides is 2. The Labute approximate surface area is 199 Å². The molecule has 2 amide bonds. The number of non-ortho nitro benzene ring substituents is 1. The van der Waals surface area contributed by atoms with Gasteiger partial charge >= 0.3 is 6.09 Å². The van der Waals surface area contributed by atoms with Crippen LogP contribution in [0.3, 0.4) is 0 Å². The van der Waals surface area contributed by atoms with Gasteiger partial charge in [-0.05, 0) is 23.8 Å². The van der Waals surface area contributed by atoms with Gasteiger partial charge in [-0.2, -0.15) is 5.10 Å². The number of carbonyl (C=O) groups excluding carboxylic acids is 2. The molecule has 1 fully saturated rings. The summed E-state index contributed by atoms with van der Waals surface area (Å²) in [5, 5.41) is 18.1. The smallest absolute Gasteiger partial charge is 0.415 e. The zero-order chi connectivity index (χ0) is 24.4. The summed E-state index contributed by atoms with van der Waals surface area (Å²) in [5.41, 5.74) is 0.778. The fourth-order valence-corrected chi connectivity index (χ4v) is 4.15. The van der Waals surface area contributed by atoms with Gasteiger partial charge in [0.15, 0.2) is 0 Å². The Morgan fingerprint density at radius 1 is 1.06 bits per heavy atom. The van der Waals surface area contributed by atoms with E-state index in [1.165, 1.54) is 12.1 Å². The van der Waals surface area contributed by atoms with Gasteiger partial charge in [0.25, 0.3) is 11.6 Å². The molecule has 0 spiro atoms. The highest BCUT2D eigenvalue weighted by Gasteiger charge is 2.50. The number of nitrogens with one attached hydrogen (secondary N) is 1. The minimum absolute atomic E-state index is 0.0206. The first-order valence-corrected chi connectivity index (χ1v) is 10.9. The molecule has 3 aromatic carbocycles. The summed E-state index contributed by atoms with van der Waals surface area (Å²) >= 11 is 0. The van der Waals surface area contributed by atoms with Crippen LogP contribution in [0.25, 0.3) is 10.9 Å². The Morgan fingerprint density at radius 2 is 1.83 bits per heavy atom. The van der Waals surface area contributed by atoms with Crippen molar-refractivity contribution >= 4 is 28.6 Å². The average Bonchev–Trinajstić information content (AvgIpc) is 3.40. The maximum absolute atomic E-state index is 12.7. The van der Waals surface area contributed by atoms with Crippen LogP contribution >= 0.6 is 0 Å². The maximum Gasteiger partial charge on any atom is 0.415 e. The number of fused-ring (bicyclic) bond motifs is 1. The molecule has 1 atom stereocenters. The molecule has 1 unspecified atom stereocenters. The van der Waals surface area contributed by atoms with Gasteiger partial charge in [0, 0.05) is 29.5 Å². The van der Waals surface area contributed by atoms with Crippen molar-refractivity contribution in [2.45, 2.75) is 18.6 Å². The van der Waals surface area contributed by atoms with E-state index in [4.69, 9.17) is 9.47 Å². The molecule has 0 aliphatic carbocycles. The molecule has 1 aliphatic heterocycles. The van der Waals surface area contributed by atoms with E-state index in [0.29, 0.717) is 29.9 Å². The highest BCUT2D eigenvalue weighted by Crippen LogP contribution is 2.34. The number of nitro groups is 1. The number of cyclic esters (lactones) is 1. The van der Waals surface area contributed by atoms with Crippen LogP contribution in [0.5, 0.6) is 5.75 Å². The predicted molar refractivity (Wildman–Crippen MR) is 125 cm³/mol. The Balaban J connectivity index is 1.25. The van der Waals surface area contributed by atoms with Crippen molar-refractivity contribution in [3.8, 4) is 5.75 Å². The van der Waals surface area contributed by atoms with Crippen molar-refractivity contribution < 1.29 is 24.0 Å².